The van der Waals surface area contributed by atoms with Gasteiger partial charge >= 0.3 is 5.97 Å². The second kappa shape index (κ2) is 5.54. The summed E-state index contributed by atoms with van der Waals surface area (Å²) in [6, 6.07) is 9.30. The summed E-state index contributed by atoms with van der Waals surface area (Å²) in [6.07, 6.45) is 0.0649. The summed E-state index contributed by atoms with van der Waals surface area (Å²) in [5.41, 5.74) is 0.651. The highest BCUT2D eigenvalue weighted by Gasteiger charge is 2.42. The van der Waals surface area contributed by atoms with Crippen LogP contribution in [-0.2, 0) is 4.74 Å². The van der Waals surface area contributed by atoms with Gasteiger partial charge in [-0.15, -0.1) is 0 Å². The Morgan fingerprint density at radius 2 is 1.50 bits per heavy atom. The Morgan fingerprint density at radius 3 is 2.00 bits per heavy atom. The summed E-state index contributed by atoms with van der Waals surface area (Å²) in [5, 5.41) is 0. The van der Waals surface area contributed by atoms with Crippen molar-refractivity contribution in [3.05, 3.63) is 35.9 Å². The lowest BCUT2D eigenvalue weighted by atomic mass is 9.82. The summed E-state index contributed by atoms with van der Waals surface area (Å²) in [7, 11) is 4.31. The van der Waals surface area contributed by atoms with Crippen molar-refractivity contribution in [3.8, 4) is 0 Å². The molecule has 20 heavy (non-hydrogen) atoms. The maximum absolute atomic E-state index is 12.3. The summed E-state index contributed by atoms with van der Waals surface area (Å²) in [5.74, 6) is 0.662. The molecule has 2 aliphatic rings. The third kappa shape index (κ3) is 2.72. The van der Waals surface area contributed by atoms with Crippen molar-refractivity contribution in [2.75, 3.05) is 40.3 Å². The minimum atomic E-state index is -0.181. The third-order valence-electron chi connectivity index (χ3n) is 4.37. The van der Waals surface area contributed by atoms with Crippen LogP contribution < -0.4 is 0 Å². The Bertz CT molecular complexity index is 447. The molecule has 3 rings (SSSR count). The first-order chi connectivity index (χ1) is 9.63. The number of ether oxygens (including phenoxy) is 1. The van der Waals surface area contributed by atoms with E-state index in [-0.39, 0.29) is 12.1 Å². The first kappa shape index (κ1) is 13.6. The van der Waals surface area contributed by atoms with Gasteiger partial charge in [-0.25, -0.2) is 4.79 Å². The van der Waals surface area contributed by atoms with E-state index in [1.54, 1.807) is 0 Å². The van der Waals surface area contributed by atoms with Gasteiger partial charge < -0.3 is 14.5 Å². The largest absolute Gasteiger partial charge is 0.458 e. The van der Waals surface area contributed by atoms with Crippen molar-refractivity contribution < 1.29 is 9.53 Å². The van der Waals surface area contributed by atoms with Crippen LogP contribution in [-0.4, -0.2) is 62.1 Å². The first-order valence-electron chi connectivity index (χ1n) is 7.26. The molecule has 0 saturated carbocycles. The average Bonchev–Trinajstić information content (AvgIpc) is 2.41. The van der Waals surface area contributed by atoms with E-state index in [0.717, 1.165) is 26.2 Å². The molecule has 2 fully saturated rings. The monoisotopic (exact) mass is 274 g/mol. The normalized spacial score (nSPS) is 31.0. The van der Waals surface area contributed by atoms with E-state index in [1.807, 2.05) is 30.3 Å². The van der Waals surface area contributed by atoms with E-state index in [1.165, 1.54) is 0 Å². The fourth-order valence-corrected chi connectivity index (χ4v) is 3.62. The molecule has 108 valence electrons. The molecule has 2 aliphatic heterocycles. The second-order valence-corrected chi connectivity index (χ2v) is 6.20. The number of nitrogens with zero attached hydrogens (tertiary/aromatic N) is 2. The summed E-state index contributed by atoms with van der Waals surface area (Å²) in [4.78, 5) is 17.0. The number of rotatable bonds is 2. The number of benzene rings is 1. The van der Waals surface area contributed by atoms with Crippen molar-refractivity contribution in [2.45, 2.75) is 6.10 Å². The van der Waals surface area contributed by atoms with Crippen LogP contribution in [0.5, 0.6) is 0 Å². The van der Waals surface area contributed by atoms with Crippen LogP contribution in [0.3, 0.4) is 0 Å². The molecule has 0 amide bonds. The third-order valence-corrected chi connectivity index (χ3v) is 4.37. The number of hydrogen-bond acceptors (Lipinski definition) is 4. The predicted molar refractivity (Wildman–Crippen MR) is 77.6 cm³/mol. The van der Waals surface area contributed by atoms with Gasteiger partial charge in [0.15, 0.2) is 0 Å². The smallest absolute Gasteiger partial charge is 0.338 e. The molecule has 1 aromatic carbocycles. The van der Waals surface area contributed by atoms with Gasteiger partial charge in [0.2, 0.25) is 0 Å². The first-order valence-corrected chi connectivity index (χ1v) is 7.26. The number of hydrogen-bond donors (Lipinski definition) is 0. The van der Waals surface area contributed by atoms with Crippen LogP contribution in [0.4, 0.5) is 0 Å². The van der Waals surface area contributed by atoms with Crippen molar-refractivity contribution >= 4 is 5.97 Å². The van der Waals surface area contributed by atoms with Gasteiger partial charge in [0.05, 0.1) is 5.56 Å². The van der Waals surface area contributed by atoms with Gasteiger partial charge in [-0.2, -0.15) is 0 Å². The van der Waals surface area contributed by atoms with Crippen molar-refractivity contribution in [2.24, 2.45) is 11.8 Å². The number of carbonyl (C=O) groups excluding carboxylic acids is 1. The van der Waals surface area contributed by atoms with Crippen molar-refractivity contribution in [1.82, 2.24) is 9.80 Å². The lowest BCUT2D eigenvalue weighted by molar-refractivity contribution is -0.0792. The second-order valence-electron chi connectivity index (χ2n) is 6.20. The van der Waals surface area contributed by atoms with Gasteiger partial charge in [0.1, 0.15) is 6.10 Å². The number of carbonyl (C=O) groups is 1. The molecule has 0 aromatic heterocycles. The topological polar surface area (TPSA) is 32.8 Å². The standard InChI is InChI=1S/C16H22N2O2/c1-17-8-13-10-18(2)11-14(9-17)15(13)20-16(19)12-6-4-3-5-7-12/h3-7,13-15H,8-11H2,1-2H3. The Hall–Kier alpha value is -1.39. The minimum absolute atomic E-state index is 0.0649. The highest BCUT2D eigenvalue weighted by molar-refractivity contribution is 5.89. The maximum Gasteiger partial charge on any atom is 0.338 e. The van der Waals surface area contributed by atoms with Crippen LogP contribution >= 0.6 is 0 Å². The molecular weight excluding hydrogens is 252 g/mol. The van der Waals surface area contributed by atoms with Crippen LogP contribution in [0.25, 0.3) is 0 Å². The van der Waals surface area contributed by atoms with Gasteiger partial charge in [0.25, 0.3) is 0 Å². The highest BCUT2D eigenvalue weighted by atomic mass is 16.5. The quantitative estimate of drug-likeness (QED) is 0.762. The molecule has 2 saturated heterocycles. The Labute approximate surface area is 120 Å². The van der Waals surface area contributed by atoms with E-state index < -0.39 is 0 Å². The van der Waals surface area contributed by atoms with Crippen molar-refractivity contribution in [1.29, 1.82) is 0 Å². The number of likely N-dealkylation sites (tertiary alicyclic amines) is 2. The zero-order valence-electron chi connectivity index (χ0n) is 12.2. The molecule has 0 spiro atoms. The predicted octanol–water partition coefficient (Wildman–Crippen LogP) is 1.34. The molecule has 0 unspecified atom stereocenters. The SMILES string of the molecule is CN1CC2CN(C)CC(C1)C2OC(=O)c1ccccc1. The zero-order valence-corrected chi connectivity index (χ0v) is 12.2. The van der Waals surface area contributed by atoms with Crippen LogP contribution in [0.2, 0.25) is 0 Å². The lowest BCUT2D eigenvalue weighted by Crippen LogP contribution is -2.59. The summed E-state index contributed by atoms with van der Waals surface area (Å²) < 4.78 is 5.85. The van der Waals surface area contributed by atoms with Gasteiger partial charge in [-0.3, -0.25) is 0 Å². The molecule has 0 radical (unpaired) electrons. The zero-order chi connectivity index (χ0) is 14.1. The van der Waals surface area contributed by atoms with Gasteiger partial charge in [-0.1, -0.05) is 18.2 Å². The van der Waals surface area contributed by atoms with Gasteiger partial charge in [-0.05, 0) is 26.2 Å². The number of piperidine rings is 2. The summed E-state index contributed by atoms with van der Waals surface area (Å²) >= 11 is 0. The lowest BCUT2D eigenvalue weighted by Gasteiger charge is -2.48. The molecule has 2 bridgehead atoms. The van der Waals surface area contributed by atoms with E-state index in [0.29, 0.717) is 17.4 Å². The molecular formula is C16H22N2O2. The fourth-order valence-electron chi connectivity index (χ4n) is 3.62. The Kier molecular flexibility index (Phi) is 3.76. The van der Waals surface area contributed by atoms with E-state index in [4.69, 9.17) is 4.74 Å². The molecule has 0 atom stereocenters. The summed E-state index contributed by atoms with van der Waals surface area (Å²) in [6.45, 7) is 4.03. The minimum Gasteiger partial charge on any atom is -0.458 e. The maximum atomic E-state index is 12.3. The molecule has 2 heterocycles. The number of fused-ring (bicyclic) bond motifs is 2. The molecule has 4 nitrogen and oxygen atoms in total. The molecule has 4 heteroatoms. The number of esters is 1. The van der Waals surface area contributed by atoms with E-state index >= 15 is 0 Å². The average molecular weight is 274 g/mol. The van der Waals surface area contributed by atoms with Gasteiger partial charge in [0, 0.05) is 38.0 Å². The van der Waals surface area contributed by atoms with Crippen LogP contribution in [0.1, 0.15) is 10.4 Å². The highest BCUT2D eigenvalue weighted by Crippen LogP contribution is 2.30. The van der Waals surface area contributed by atoms with Crippen LogP contribution in [0, 0.1) is 11.8 Å². The van der Waals surface area contributed by atoms with Crippen LogP contribution in [0.15, 0.2) is 30.3 Å². The molecule has 0 aliphatic carbocycles. The molecule has 1 aromatic rings. The van der Waals surface area contributed by atoms with E-state index in [9.17, 15) is 4.79 Å². The molecule has 0 N–H and O–H groups in total. The Balaban J connectivity index is 1.72. The van der Waals surface area contributed by atoms with E-state index in [2.05, 4.69) is 23.9 Å². The van der Waals surface area contributed by atoms with Crippen molar-refractivity contribution in [3.63, 3.8) is 0 Å². The Morgan fingerprint density at radius 1 is 1.00 bits per heavy atom. The fraction of sp³-hybridized carbons (Fsp3) is 0.562.